The second-order valence-corrected chi connectivity index (χ2v) is 5.77. The molecule has 0 N–H and O–H groups in total. The largest absolute Gasteiger partial charge is 0.454 e. The van der Waals surface area contributed by atoms with Gasteiger partial charge in [0.2, 0.25) is 6.29 Å². The Morgan fingerprint density at radius 3 is 2.32 bits per heavy atom. The quantitative estimate of drug-likeness (QED) is 0.566. The average molecular weight is 350 g/mol. The molecule has 134 valence electrons. The lowest BCUT2D eigenvalue weighted by Gasteiger charge is -2.48. The Morgan fingerprint density at radius 2 is 1.72 bits per heavy atom. The fraction of sp³-hybridized carbons (Fsp3) is 0.471. The lowest BCUT2D eigenvalue weighted by atomic mass is 9.94. The number of rotatable bonds is 5. The number of hydrogen-bond donors (Lipinski definition) is 0. The molecule has 0 radical (unpaired) electrons. The average Bonchev–Trinajstić information content (AvgIpc) is 2.56. The summed E-state index contributed by atoms with van der Waals surface area (Å²) in [7, 11) is 0. The normalized spacial score (nSPS) is 30.5. The molecule has 3 rings (SSSR count). The lowest BCUT2D eigenvalue weighted by molar-refractivity contribution is -0.326. The van der Waals surface area contributed by atoms with Crippen LogP contribution in [-0.2, 0) is 44.7 Å². The molecule has 0 bridgehead atoms. The van der Waals surface area contributed by atoms with Crippen LogP contribution in [0, 0.1) is 0 Å². The highest BCUT2D eigenvalue weighted by Gasteiger charge is 2.60. The minimum Gasteiger partial charge on any atom is -0.454 e. The first-order valence-electron chi connectivity index (χ1n) is 7.81. The summed E-state index contributed by atoms with van der Waals surface area (Å²) in [6.07, 6.45) is -4.75. The number of esters is 3. The van der Waals surface area contributed by atoms with Crippen molar-refractivity contribution in [2.45, 2.75) is 51.2 Å². The number of hydrogen-bond acceptors (Lipinski definition) is 8. The van der Waals surface area contributed by atoms with Crippen LogP contribution < -0.4 is 0 Å². The van der Waals surface area contributed by atoms with Gasteiger partial charge in [0.1, 0.15) is 6.10 Å². The Bertz CT molecular complexity index is 658. The topological polar surface area (TPSA) is 97.4 Å². The molecule has 25 heavy (non-hydrogen) atoms. The SMILES string of the molecule is CC(=O)O[C@H]1O[C@H]2C(=O)O[C@H]2[C@H](OCc2ccccc2)[C@H]1OC(C)=O. The van der Waals surface area contributed by atoms with Crippen LogP contribution in [0.25, 0.3) is 0 Å². The number of benzene rings is 1. The van der Waals surface area contributed by atoms with Crippen LogP contribution in [0.5, 0.6) is 0 Å². The van der Waals surface area contributed by atoms with E-state index in [-0.39, 0.29) is 6.61 Å². The second kappa shape index (κ2) is 7.20. The maximum atomic E-state index is 11.6. The first kappa shape index (κ1) is 17.4. The van der Waals surface area contributed by atoms with Crippen LogP contribution in [0.4, 0.5) is 0 Å². The number of carbonyl (C=O) groups excluding carboxylic acids is 3. The van der Waals surface area contributed by atoms with Crippen molar-refractivity contribution in [2.75, 3.05) is 0 Å². The summed E-state index contributed by atoms with van der Waals surface area (Å²) in [6, 6.07) is 9.34. The van der Waals surface area contributed by atoms with Gasteiger partial charge in [-0.2, -0.15) is 0 Å². The predicted molar refractivity (Wildman–Crippen MR) is 80.9 cm³/mol. The smallest absolute Gasteiger partial charge is 0.339 e. The van der Waals surface area contributed by atoms with Crippen molar-refractivity contribution in [3.8, 4) is 0 Å². The van der Waals surface area contributed by atoms with Gasteiger partial charge in [0.25, 0.3) is 0 Å². The first-order valence-corrected chi connectivity index (χ1v) is 7.81. The minimum atomic E-state index is -1.24. The molecule has 8 nitrogen and oxygen atoms in total. The molecule has 2 saturated heterocycles. The van der Waals surface area contributed by atoms with E-state index in [1.807, 2.05) is 30.3 Å². The molecule has 0 spiro atoms. The van der Waals surface area contributed by atoms with E-state index in [9.17, 15) is 14.4 Å². The highest BCUT2D eigenvalue weighted by Crippen LogP contribution is 2.35. The summed E-state index contributed by atoms with van der Waals surface area (Å²) < 4.78 is 26.7. The van der Waals surface area contributed by atoms with Gasteiger partial charge in [-0.1, -0.05) is 30.3 Å². The van der Waals surface area contributed by atoms with Crippen molar-refractivity contribution in [3.05, 3.63) is 35.9 Å². The standard InChI is InChI=1S/C17H18O8/c1-9(18)22-15-12(21-8-11-6-4-3-5-7-11)13-14(16(20)24-13)25-17(15)23-10(2)19/h3-7,12-15,17H,8H2,1-2H3/t12-,13-,14+,15+,17-/m0/s1. The third-order valence-corrected chi connectivity index (χ3v) is 3.85. The van der Waals surface area contributed by atoms with Crippen molar-refractivity contribution in [3.63, 3.8) is 0 Å². The van der Waals surface area contributed by atoms with Gasteiger partial charge in [0.15, 0.2) is 18.3 Å². The van der Waals surface area contributed by atoms with E-state index in [1.165, 1.54) is 13.8 Å². The Hall–Kier alpha value is -2.45. The van der Waals surface area contributed by atoms with Gasteiger partial charge in [-0.25, -0.2) is 4.79 Å². The third kappa shape index (κ3) is 3.80. The van der Waals surface area contributed by atoms with Crippen LogP contribution >= 0.6 is 0 Å². The first-order chi connectivity index (χ1) is 12.0. The van der Waals surface area contributed by atoms with Crippen molar-refractivity contribution >= 4 is 17.9 Å². The van der Waals surface area contributed by atoms with Crippen LogP contribution in [0.2, 0.25) is 0 Å². The molecule has 0 amide bonds. The van der Waals surface area contributed by atoms with Gasteiger partial charge in [0.05, 0.1) is 6.61 Å². The van der Waals surface area contributed by atoms with Crippen LogP contribution in [0.1, 0.15) is 19.4 Å². The Kier molecular flexibility index (Phi) is 5.00. The lowest BCUT2D eigenvalue weighted by Crippen LogP contribution is -2.69. The molecule has 1 aromatic rings. The highest BCUT2D eigenvalue weighted by molar-refractivity contribution is 5.81. The minimum absolute atomic E-state index is 0.205. The predicted octanol–water partition coefficient (Wildman–Crippen LogP) is 0.717. The summed E-state index contributed by atoms with van der Waals surface area (Å²) in [4.78, 5) is 34.4. The fourth-order valence-electron chi connectivity index (χ4n) is 2.79. The van der Waals surface area contributed by atoms with Crippen molar-refractivity contribution < 1.29 is 38.1 Å². The molecular formula is C17H18O8. The van der Waals surface area contributed by atoms with Crippen molar-refractivity contribution in [1.82, 2.24) is 0 Å². The van der Waals surface area contributed by atoms with Crippen molar-refractivity contribution in [1.29, 1.82) is 0 Å². The molecule has 5 atom stereocenters. The summed E-state index contributed by atoms with van der Waals surface area (Å²) in [5, 5.41) is 0. The van der Waals surface area contributed by atoms with Gasteiger partial charge in [0, 0.05) is 13.8 Å². The molecular weight excluding hydrogens is 332 g/mol. The van der Waals surface area contributed by atoms with Gasteiger partial charge < -0.3 is 23.7 Å². The summed E-state index contributed by atoms with van der Waals surface area (Å²) in [5.74, 6) is -1.80. The van der Waals surface area contributed by atoms with Gasteiger partial charge >= 0.3 is 17.9 Å². The summed E-state index contributed by atoms with van der Waals surface area (Å²) >= 11 is 0. The Labute approximate surface area is 143 Å². The molecule has 0 aromatic heterocycles. The van der Waals surface area contributed by atoms with Crippen LogP contribution in [0.15, 0.2) is 30.3 Å². The van der Waals surface area contributed by atoms with Gasteiger partial charge in [-0.15, -0.1) is 0 Å². The fourth-order valence-corrected chi connectivity index (χ4v) is 2.79. The maximum Gasteiger partial charge on any atom is 0.339 e. The summed E-state index contributed by atoms with van der Waals surface area (Å²) in [5.41, 5.74) is 0.891. The third-order valence-electron chi connectivity index (χ3n) is 3.85. The van der Waals surface area contributed by atoms with E-state index in [4.69, 9.17) is 23.7 Å². The highest BCUT2D eigenvalue weighted by atomic mass is 16.8. The second-order valence-electron chi connectivity index (χ2n) is 5.77. The zero-order valence-electron chi connectivity index (χ0n) is 13.7. The van der Waals surface area contributed by atoms with E-state index in [0.717, 1.165) is 5.56 Å². The van der Waals surface area contributed by atoms with E-state index < -0.39 is 48.6 Å². The van der Waals surface area contributed by atoms with Crippen molar-refractivity contribution in [2.24, 2.45) is 0 Å². The molecule has 2 aliphatic rings. The monoisotopic (exact) mass is 350 g/mol. The number of carbonyl (C=O) groups is 3. The van der Waals surface area contributed by atoms with E-state index in [0.29, 0.717) is 0 Å². The molecule has 8 heteroatoms. The maximum absolute atomic E-state index is 11.6. The molecule has 2 heterocycles. The number of ether oxygens (including phenoxy) is 5. The summed E-state index contributed by atoms with van der Waals surface area (Å²) in [6.45, 7) is 2.62. The molecule has 0 aliphatic carbocycles. The molecule has 1 aromatic carbocycles. The van der Waals surface area contributed by atoms with E-state index >= 15 is 0 Å². The van der Waals surface area contributed by atoms with Crippen LogP contribution in [-0.4, -0.2) is 48.6 Å². The Morgan fingerprint density at radius 1 is 1.04 bits per heavy atom. The number of fused-ring (bicyclic) bond motifs is 1. The zero-order valence-corrected chi connectivity index (χ0v) is 13.7. The van der Waals surface area contributed by atoms with Crippen LogP contribution in [0.3, 0.4) is 0 Å². The van der Waals surface area contributed by atoms with E-state index in [1.54, 1.807) is 0 Å². The Balaban J connectivity index is 1.79. The van der Waals surface area contributed by atoms with E-state index in [2.05, 4.69) is 0 Å². The molecule has 2 fully saturated rings. The van der Waals surface area contributed by atoms with Gasteiger partial charge in [-0.05, 0) is 5.56 Å². The molecule has 0 unspecified atom stereocenters. The molecule has 2 aliphatic heterocycles. The zero-order chi connectivity index (χ0) is 18.0. The van der Waals surface area contributed by atoms with Gasteiger partial charge in [-0.3, -0.25) is 9.59 Å². The molecule has 0 saturated carbocycles.